The summed E-state index contributed by atoms with van der Waals surface area (Å²) >= 11 is 0. The lowest BCUT2D eigenvalue weighted by Crippen LogP contribution is -2.37. The summed E-state index contributed by atoms with van der Waals surface area (Å²) in [6, 6.07) is 32.7. The van der Waals surface area contributed by atoms with Gasteiger partial charge in [-0.3, -0.25) is 9.55 Å². The molecule has 0 saturated carbocycles. The quantitative estimate of drug-likeness (QED) is 0.270. The first-order chi connectivity index (χ1) is 17.4. The second-order valence-corrected chi connectivity index (χ2v) is 15.2. The second kappa shape index (κ2) is 8.47. The fraction of sp³-hybridized carbons (Fsp3) is 0.0968. The number of aromatic hydroxyl groups is 1. The van der Waals surface area contributed by atoms with Crippen molar-refractivity contribution in [2.24, 2.45) is 0 Å². The number of pyridine rings is 2. The minimum atomic E-state index is -1.50. The van der Waals surface area contributed by atoms with Crippen LogP contribution in [0.5, 0.6) is 5.75 Å². The van der Waals surface area contributed by atoms with Gasteiger partial charge in [0.1, 0.15) is 11.6 Å². The summed E-state index contributed by atoms with van der Waals surface area (Å²) in [6.07, 6.45) is 1.79. The van der Waals surface area contributed by atoms with E-state index in [2.05, 4.69) is 65.6 Å². The summed E-state index contributed by atoms with van der Waals surface area (Å²) in [6.45, 7) is 7.13. The number of fused-ring (bicyclic) bond motifs is 3. The molecule has 1 N–H and O–H groups in total. The molecule has 6 rings (SSSR count). The lowest BCUT2D eigenvalue weighted by molar-refractivity contribution is 0.477. The van der Waals surface area contributed by atoms with Crippen molar-refractivity contribution in [3.8, 4) is 34.1 Å². The molecule has 0 bridgehead atoms. The molecular weight excluding hydrogens is 458 g/mol. The van der Waals surface area contributed by atoms with Gasteiger partial charge in [-0.2, -0.15) is 0 Å². The third kappa shape index (κ3) is 3.78. The summed E-state index contributed by atoms with van der Waals surface area (Å²) in [4.78, 5) is 9.54. The molecule has 3 aromatic carbocycles. The molecule has 0 amide bonds. The van der Waals surface area contributed by atoms with E-state index in [-0.39, 0.29) is 5.75 Å². The minimum Gasteiger partial charge on any atom is -0.507 e. The number of benzene rings is 3. The fourth-order valence-electron chi connectivity index (χ4n) is 4.82. The predicted molar refractivity (Wildman–Crippen MR) is 152 cm³/mol. The normalized spacial score (nSPS) is 11.9. The van der Waals surface area contributed by atoms with E-state index < -0.39 is 8.07 Å². The molecule has 0 saturated heterocycles. The zero-order valence-corrected chi connectivity index (χ0v) is 21.6. The Morgan fingerprint density at radius 1 is 0.694 bits per heavy atom. The van der Waals surface area contributed by atoms with Crippen LogP contribution in [-0.2, 0) is 0 Å². The molecule has 0 aliphatic rings. The molecule has 0 fully saturated rings. The number of hydrogen-bond acceptors (Lipinski definition) is 3. The standard InChI is InChI=1S/C31H27N3OSi/c1-36(2,3)22-15-17-28-25(20-22)24-16-14-21(23-9-4-5-12-30(23)35)19-29(24)34(28)31-13-8-11-27(33-31)26-10-6-7-18-32-26/h4-20,35H,1-3H3. The van der Waals surface area contributed by atoms with Crippen molar-refractivity contribution in [1.82, 2.24) is 14.5 Å². The SMILES string of the molecule is C[Si](C)(C)c1ccc2c(c1)c1ccc(-c3ccccc3O)cc1n2-c1cccc(-c2ccccn2)n1. The van der Waals surface area contributed by atoms with Gasteiger partial charge in [-0.1, -0.05) is 79.4 Å². The maximum absolute atomic E-state index is 10.5. The molecule has 0 aliphatic heterocycles. The van der Waals surface area contributed by atoms with E-state index in [0.29, 0.717) is 0 Å². The molecule has 3 aromatic heterocycles. The molecule has 36 heavy (non-hydrogen) atoms. The van der Waals surface area contributed by atoms with E-state index in [1.165, 1.54) is 16.0 Å². The summed E-state index contributed by atoms with van der Waals surface area (Å²) in [5, 5.41) is 14.4. The summed E-state index contributed by atoms with van der Waals surface area (Å²) < 4.78 is 2.23. The Labute approximate surface area is 211 Å². The van der Waals surface area contributed by atoms with Crippen molar-refractivity contribution in [2.45, 2.75) is 19.6 Å². The van der Waals surface area contributed by atoms with Crippen molar-refractivity contribution < 1.29 is 5.11 Å². The number of phenolic OH excluding ortho intramolecular Hbond substituents is 1. The highest BCUT2D eigenvalue weighted by Gasteiger charge is 2.20. The van der Waals surface area contributed by atoms with Gasteiger partial charge < -0.3 is 5.11 Å². The van der Waals surface area contributed by atoms with Crippen LogP contribution in [0, 0.1) is 0 Å². The van der Waals surface area contributed by atoms with Crippen LogP contribution in [0.1, 0.15) is 0 Å². The molecular formula is C31H27N3OSi. The van der Waals surface area contributed by atoms with Crippen molar-refractivity contribution in [3.05, 3.63) is 103 Å². The van der Waals surface area contributed by atoms with Gasteiger partial charge in [-0.25, -0.2) is 4.98 Å². The molecule has 0 atom stereocenters. The summed E-state index contributed by atoms with van der Waals surface area (Å²) in [7, 11) is -1.50. The first-order valence-electron chi connectivity index (χ1n) is 12.2. The zero-order chi connectivity index (χ0) is 24.9. The number of hydrogen-bond donors (Lipinski definition) is 1. The van der Waals surface area contributed by atoms with Crippen molar-refractivity contribution in [1.29, 1.82) is 0 Å². The van der Waals surface area contributed by atoms with Gasteiger partial charge in [0.25, 0.3) is 0 Å². The second-order valence-electron chi connectivity index (χ2n) is 10.2. The Kier molecular flexibility index (Phi) is 5.23. The maximum Gasteiger partial charge on any atom is 0.138 e. The first-order valence-corrected chi connectivity index (χ1v) is 15.7. The van der Waals surface area contributed by atoms with Crippen LogP contribution < -0.4 is 5.19 Å². The van der Waals surface area contributed by atoms with E-state index in [4.69, 9.17) is 4.98 Å². The number of rotatable bonds is 4. The molecule has 0 spiro atoms. The van der Waals surface area contributed by atoms with Crippen molar-refractivity contribution in [3.63, 3.8) is 0 Å². The van der Waals surface area contributed by atoms with Crippen LogP contribution in [0.4, 0.5) is 0 Å². The Morgan fingerprint density at radius 3 is 2.28 bits per heavy atom. The van der Waals surface area contributed by atoms with Crippen LogP contribution in [0.15, 0.2) is 103 Å². The van der Waals surface area contributed by atoms with E-state index >= 15 is 0 Å². The third-order valence-corrected chi connectivity index (χ3v) is 8.78. The van der Waals surface area contributed by atoms with E-state index in [1.807, 2.05) is 54.6 Å². The van der Waals surface area contributed by atoms with E-state index in [9.17, 15) is 5.11 Å². The van der Waals surface area contributed by atoms with Gasteiger partial charge in [0, 0.05) is 22.5 Å². The lowest BCUT2D eigenvalue weighted by Gasteiger charge is -2.16. The number of phenols is 1. The van der Waals surface area contributed by atoms with Gasteiger partial charge in [0.05, 0.1) is 30.5 Å². The highest BCUT2D eigenvalue weighted by Crippen LogP contribution is 2.36. The average molecular weight is 486 g/mol. The topological polar surface area (TPSA) is 50.9 Å². The predicted octanol–water partition coefficient (Wildman–Crippen LogP) is 7.16. The number of nitrogens with zero attached hydrogens (tertiary/aromatic N) is 3. The van der Waals surface area contributed by atoms with Crippen molar-refractivity contribution in [2.75, 3.05) is 0 Å². The van der Waals surface area contributed by atoms with Crippen LogP contribution in [0.25, 0.3) is 50.1 Å². The van der Waals surface area contributed by atoms with Crippen LogP contribution >= 0.6 is 0 Å². The highest BCUT2D eigenvalue weighted by atomic mass is 28.3. The Hall–Kier alpha value is -4.22. The molecule has 3 heterocycles. The number of aromatic nitrogens is 3. The maximum atomic E-state index is 10.5. The van der Waals surface area contributed by atoms with Crippen molar-refractivity contribution >= 4 is 35.1 Å². The Morgan fingerprint density at radius 2 is 1.50 bits per heavy atom. The average Bonchev–Trinajstić information content (AvgIpc) is 3.22. The molecule has 4 nitrogen and oxygen atoms in total. The molecule has 0 aliphatic carbocycles. The zero-order valence-electron chi connectivity index (χ0n) is 20.6. The van der Waals surface area contributed by atoms with Gasteiger partial charge in [-0.15, -0.1) is 0 Å². The van der Waals surface area contributed by atoms with Crippen LogP contribution in [0.3, 0.4) is 0 Å². The van der Waals surface area contributed by atoms with Gasteiger partial charge >= 0.3 is 0 Å². The molecule has 176 valence electrons. The number of para-hydroxylation sites is 1. The smallest absolute Gasteiger partial charge is 0.138 e. The highest BCUT2D eigenvalue weighted by molar-refractivity contribution is 6.88. The molecule has 6 aromatic rings. The Bertz CT molecular complexity index is 1730. The largest absolute Gasteiger partial charge is 0.507 e. The first kappa shape index (κ1) is 22.3. The van der Waals surface area contributed by atoms with Crippen LogP contribution in [0.2, 0.25) is 19.6 Å². The minimum absolute atomic E-state index is 0.274. The monoisotopic (exact) mass is 485 g/mol. The fourth-order valence-corrected chi connectivity index (χ4v) is 5.98. The molecule has 0 radical (unpaired) electrons. The molecule has 5 heteroatoms. The van der Waals surface area contributed by atoms with E-state index in [0.717, 1.165) is 39.4 Å². The third-order valence-electron chi connectivity index (χ3n) is 6.74. The van der Waals surface area contributed by atoms with Gasteiger partial charge in [0.15, 0.2) is 0 Å². The van der Waals surface area contributed by atoms with Crippen LogP contribution in [-0.4, -0.2) is 27.7 Å². The Balaban J connectivity index is 1.66. The molecule has 0 unspecified atom stereocenters. The summed E-state index contributed by atoms with van der Waals surface area (Å²) in [5.41, 5.74) is 5.64. The van der Waals surface area contributed by atoms with Gasteiger partial charge in [0.2, 0.25) is 0 Å². The van der Waals surface area contributed by atoms with E-state index in [1.54, 1.807) is 12.3 Å². The summed E-state index contributed by atoms with van der Waals surface area (Å²) in [5.74, 6) is 1.11. The van der Waals surface area contributed by atoms with Gasteiger partial charge in [-0.05, 0) is 48.0 Å². The lowest BCUT2D eigenvalue weighted by atomic mass is 10.0.